The van der Waals surface area contributed by atoms with Crippen molar-refractivity contribution in [1.82, 2.24) is 0 Å². The number of hydrogen-bond acceptors (Lipinski definition) is 8. The molecule has 0 spiro atoms. The first kappa shape index (κ1) is 15.5. The number of fused-ring (bicyclic) bond motifs is 1. The third-order valence-corrected chi connectivity index (χ3v) is 4.76. The van der Waals surface area contributed by atoms with Gasteiger partial charge in [0, 0.05) is 29.3 Å². The van der Waals surface area contributed by atoms with Gasteiger partial charge in [-0.25, -0.2) is 9.59 Å². The average Bonchev–Trinajstić information content (AvgIpc) is 3.07. The Morgan fingerprint density at radius 3 is 2.65 bits per heavy atom. The quantitative estimate of drug-likeness (QED) is 0.343. The fourth-order valence-corrected chi connectivity index (χ4v) is 3.90. The number of ether oxygens (including phenoxy) is 3. The molecule has 23 heavy (non-hydrogen) atoms. The van der Waals surface area contributed by atoms with Crippen LogP contribution in [0.4, 0.5) is 0 Å². The van der Waals surface area contributed by atoms with Crippen molar-refractivity contribution < 1.29 is 38.5 Å². The SMILES string of the molecule is C=C(C)C(=O)OCC(=O)OC1C2CC3C1OC(=O)C3C2C(=O)[O-]. The molecule has 124 valence electrons. The lowest BCUT2D eigenvalue weighted by Crippen LogP contribution is -2.47. The Bertz CT molecular complexity index is 609. The number of carboxylic acids is 1. The highest BCUT2D eigenvalue weighted by Crippen LogP contribution is 2.58. The zero-order valence-corrected chi connectivity index (χ0v) is 12.4. The summed E-state index contributed by atoms with van der Waals surface area (Å²) in [7, 11) is 0. The molecular weight excluding hydrogens is 308 g/mol. The van der Waals surface area contributed by atoms with Gasteiger partial charge < -0.3 is 24.1 Å². The zero-order chi connectivity index (χ0) is 16.9. The summed E-state index contributed by atoms with van der Waals surface area (Å²) in [5.74, 6) is -5.99. The van der Waals surface area contributed by atoms with Crippen LogP contribution in [-0.4, -0.2) is 42.7 Å². The minimum Gasteiger partial charge on any atom is -0.550 e. The van der Waals surface area contributed by atoms with Crippen molar-refractivity contribution in [2.45, 2.75) is 25.6 Å². The fraction of sp³-hybridized carbons (Fsp3) is 0.600. The molecule has 1 heterocycles. The van der Waals surface area contributed by atoms with Crippen molar-refractivity contribution >= 4 is 23.9 Å². The monoisotopic (exact) mass is 323 g/mol. The molecule has 3 rings (SSSR count). The minimum absolute atomic E-state index is 0.141. The maximum atomic E-state index is 11.8. The number of esters is 3. The third kappa shape index (κ3) is 2.38. The van der Waals surface area contributed by atoms with Gasteiger partial charge in [-0.15, -0.1) is 0 Å². The maximum absolute atomic E-state index is 11.8. The zero-order valence-electron chi connectivity index (χ0n) is 12.4. The first-order chi connectivity index (χ1) is 10.8. The van der Waals surface area contributed by atoms with Crippen LogP contribution in [0.2, 0.25) is 0 Å². The summed E-state index contributed by atoms with van der Waals surface area (Å²) in [6, 6.07) is 0. The van der Waals surface area contributed by atoms with E-state index in [2.05, 4.69) is 11.3 Å². The summed E-state index contributed by atoms with van der Waals surface area (Å²) >= 11 is 0. The molecule has 6 unspecified atom stereocenters. The summed E-state index contributed by atoms with van der Waals surface area (Å²) in [4.78, 5) is 46.1. The van der Waals surface area contributed by atoms with E-state index >= 15 is 0 Å². The highest BCUT2D eigenvalue weighted by Gasteiger charge is 2.68. The number of carboxylic acid groups (broad SMARTS) is 1. The largest absolute Gasteiger partial charge is 0.550 e. The molecule has 0 aromatic rings. The van der Waals surface area contributed by atoms with Crippen molar-refractivity contribution in [3.63, 3.8) is 0 Å². The Morgan fingerprint density at radius 1 is 1.35 bits per heavy atom. The van der Waals surface area contributed by atoms with E-state index in [1.807, 2.05) is 0 Å². The number of rotatable bonds is 5. The predicted octanol–water partition coefficient (Wildman–Crippen LogP) is -1.43. The summed E-state index contributed by atoms with van der Waals surface area (Å²) in [5.41, 5.74) is 0.141. The van der Waals surface area contributed by atoms with Gasteiger partial charge >= 0.3 is 17.9 Å². The molecule has 2 saturated carbocycles. The first-order valence-electron chi connectivity index (χ1n) is 7.24. The van der Waals surface area contributed by atoms with Gasteiger partial charge in [0.1, 0.15) is 12.2 Å². The van der Waals surface area contributed by atoms with Crippen LogP contribution in [0.15, 0.2) is 12.2 Å². The van der Waals surface area contributed by atoms with E-state index in [-0.39, 0.29) is 11.5 Å². The van der Waals surface area contributed by atoms with Crippen molar-refractivity contribution in [3.05, 3.63) is 12.2 Å². The first-order valence-corrected chi connectivity index (χ1v) is 7.24. The lowest BCUT2D eigenvalue weighted by atomic mass is 9.78. The topological polar surface area (TPSA) is 119 Å². The molecule has 0 radical (unpaired) electrons. The third-order valence-electron chi connectivity index (χ3n) is 4.76. The van der Waals surface area contributed by atoms with Crippen LogP contribution in [0.3, 0.4) is 0 Å². The fourth-order valence-electron chi connectivity index (χ4n) is 3.90. The lowest BCUT2D eigenvalue weighted by Gasteiger charge is -2.31. The van der Waals surface area contributed by atoms with Crippen LogP contribution in [0.25, 0.3) is 0 Å². The van der Waals surface area contributed by atoms with Gasteiger partial charge in [-0.1, -0.05) is 6.58 Å². The van der Waals surface area contributed by atoms with E-state index in [1.165, 1.54) is 6.92 Å². The molecule has 0 amide bonds. The summed E-state index contributed by atoms with van der Waals surface area (Å²) in [5, 5.41) is 11.3. The van der Waals surface area contributed by atoms with E-state index in [4.69, 9.17) is 9.47 Å². The van der Waals surface area contributed by atoms with Crippen LogP contribution < -0.4 is 5.11 Å². The van der Waals surface area contributed by atoms with Crippen molar-refractivity contribution in [1.29, 1.82) is 0 Å². The molecule has 3 fully saturated rings. The van der Waals surface area contributed by atoms with E-state index in [9.17, 15) is 24.3 Å². The summed E-state index contributed by atoms with van der Waals surface area (Å²) in [6.07, 6.45) is -1.04. The van der Waals surface area contributed by atoms with Crippen molar-refractivity contribution in [3.8, 4) is 0 Å². The molecule has 0 N–H and O–H groups in total. The Morgan fingerprint density at radius 2 is 2.04 bits per heavy atom. The molecule has 1 saturated heterocycles. The summed E-state index contributed by atoms with van der Waals surface area (Å²) in [6.45, 7) is 4.20. The van der Waals surface area contributed by atoms with Crippen LogP contribution in [0.5, 0.6) is 0 Å². The van der Waals surface area contributed by atoms with E-state index in [1.54, 1.807) is 0 Å². The van der Waals surface area contributed by atoms with Gasteiger partial charge in [-0.2, -0.15) is 0 Å². The van der Waals surface area contributed by atoms with Crippen molar-refractivity contribution in [2.24, 2.45) is 23.7 Å². The number of aliphatic carboxylic acids is 1. The number of carbonyl (C=O) groups excluding carboxylic acids is 4. The average molecular weight is 323 g/mol. The maximum Gasteiger partial charge on any atom is 0.344 e. The second kappa shape index (κ2) is 5.36. The van der Waals surface area contributed by atoms with E-state index < -0.39 is 60.4 Å². The standard InChI is InChI=1S/C15H16O8/c1-5(2)14(19)21-4-8(16)22-11-6-3-7-10(9(6)13(17)18)15(20)23-12(7)11/h6-7,9-12H,1,3-4H2,2H3,(H,17,18)/p-1. The number of hydrogen-bond donors (Lipinski definition) is 0. The lowest BCUT2D eigenvalue weighted by molar-refractivity contribution is -0.315. The summed E-state index contributed by atoms with van der Waals surface area (Å²) < 4.78 is 15.1. The molecule has 0 aromatic carbocycles. The highest BCUT2D eigenvalue weighted by atomic mass is 16.6. The van der Waals surface area contributed by atoms with Gasteiger partial charge in [0.15, 0.2) is 6.61 Å². The van der Waals surface area contributed by atoms with Crippen LogP contribution in [-0.2, 0) is 33.4 Å². The van der Waals surface area contributed by atoms with Gasteiger partial charge in [0.25, 0.3) is 0 Å². The minimum atomic E-state index is -1.34. The normalized spacial score (nSPS) is 36.5. The molecule has 3 aliphatic rings. The Balaban J connectivity index is 1.66. The molecule has 2 aliphatic carbocycles. The smallest absolute Gasteiger partial charge is 0.344 e. The number of carbonyl (C=O) groups is 4. The van der Waals surface area contributed by atoms with Gasteiger partial charge in [-0.3, -0.25) is 4.79 Å². The Kier molecular flexibility index (Phi) is 3.62. The molecule has 0 aromatic heterocycles. The van der Waals surface area contributed by atoms with E-state index in [0.29, 0.717) is 6.42 Å². The Hall–Kier alpha value is -2.38. The van der Waals surface area contributed by atoms with E-state index in [0.717, 1.165) is 0 Å². The van der Waals surface area contributed by atoms with Crippen LogP contribution >= 0.6 is 0 Å². The molecule has 1 aliphatic heterocycles. The van der Waals surface area contributed by atoms with Gasteiger partial charge in [0.2, 0.25) is 0 Å². The molecule has 6 atom stereocenters. The second-order valence-electron chi connectivity index (χ2n) is 6.15. The van der Waals surface area contributed by atoms with Crippen LogP contribution in [0, 0.1) is 23.7 Å². The van der Waals surface area contributed by atoms with Gasteiger partial charge in [-0.05, 0) is 13.3 Å². The molecule has 8 nitrogen and oxygen atoms in total. The van der Waals surface area contributed by atoms with Crippen LogP contribution in [0.1, 0.15) is 13.3 Å². The van der Waals surface area contributed by atoms with Crippen molar-refractivity contribution in [2.75, 3.05) is 6.61 Å². The Labute approximate surface area is 131 Å². The molecule has 8 heteroatoms. The second-order valence-corrected chi connectivity index (χ2v) is 6.15. The predicted molar refractivity (Wildman–Crippen MR) is 69.1 cm³/mol. The molecular formula is C15H15O8-. The van der Waals surface area contributed by atoms with Gasteiger partial charge in [0.05, 0.1) is 5.92 Å². The molecule has 2 bridgehead atoms. The highest BCUT2D eigenvalue weighted by molar-refractivity contribution is 5.88.